The molecule has 0 spiro atoms. The second kappa shape index (κ2) is 9.07. The van der Waals surface area contributed by atoms with Crippen LogP contribution in [-0.4, -0.2) is 46.7 Å². The Morgan fingerprint density at radius 1 is 1.00 bits per heavy atom. The highest BCUT2D eigenvalue weighted by molar-refractivity contribution is 7.89. The molecule has 0 bridgehead atoms. The first kappa shape index (κ1) is 21.8. The molecule has 3 aromatic rings. The van der Waals surface area contributed by atoms with Crippen LogP contribution in [0.25, 0.3) is 5.69 Å². The Kier molecular flexibility index (Phi) is 5.99. The molecule has 1 amide bonds. The van der Waals surface area contributed by atoms with E-state index in [0.717, 1.165) is 36.9 Å². The topological polar surface area (TPSA) is 97.2 Å². The van der Waals surface area contributed by atoms with Gasteiger partial charge in [-0.15, -0.1) is 5.10 Å². The van der Waals surface area contributed by atoms with Crippen LogP contribution in [0, 0.1) is 5.92 Å². The summed E-state index contributed by atoms with van der Waals surface area (Å²) in [6.07, 6.45) is 8.51. The first-order valence-corrected chi connectivity index (χ1v) is 12.8. The van der Waals surface area contributed by atoms with Gasteiger partial charge in [0.25, 0.3) is 0 Å². The Balaban J connectivity index is 1.25. The Labute approximate surface area is 193 Å². The molecule has 0 radical (unpaired) electrons. The number of anilines is 1. The van der Waals surface area contributed by atoms with Gasteiger partial charge in [-0.25, -0.2) is 13.1 Å². The Morgan fingerprint density at radius 3 is 2.52 bits per heavy atom. The molecule has 5 rings (SSSR count). The highest BCUT2D eigenvalue weighted by Gasteiger charge is 2.32. The molecular formula is C24H27N5O3S. The zero-order valence-electron chi connectivity index (χ0n) is 18.4. The van der Waals surface area contributed by atoms with E-state index in [9.17, 15) is 13.2 Å². The van der Waals surface area contributed by atoms with Crippen molar-refractivity contribution in [3.05, 3.63) is 66.0 Å². The number of carbonyl (C=O) groups is 1. The number of para-hydroxylation sites is 2. The number of piperidine rings is 1. The van der Waals surface area contributed by atoms with Gasteiger partial charge in [0, 0.05) is 19.0 Å². The molecule has 8 nitrogen and oxygen atoms in total. The molecule has 9 heteroatoms. The van der Waals surface area contributed by atoms with E-state index in [-0.39, 0.29) is 11.8 Å². The molecule has 2 aliphatic rings. The van der Waals surface area contributed by atoms with Gasteiger partial charge < -0.3 is 5.32 Å². The second-order valence-electron chi connectivity index (χ2n) is 8.67. The fraction of sp³-hybridized carbons (Fsp3) is 0.375. The quantitative estimate of drug-likeness (QED) is 0.624. The van der Waals surface area contributed by atoms with Gasteiger partial charge in [-0.2, -0.15) is 4.31 Å². The van der Waals surface area contributed by atoms with Crippen LogP contribution in [0.5, 0.6) is 0 Å². The smallest absolute Gasteiger partial charge is 0.243 e. The number of carbonyl (C=O) groups excluding carboxylic acids is 1. The van der Waals surface area contributed by atoms with E-state index in [2.05, 4.69) is 15.6 Å². The number of nitrogens with zero attached hydrogens (tertiary/aromatic N) is 4. The fourth-order valence-electron chi connectivity index (χ4n) is 4.73. The highest BCUT2D eigenvalue weighted by atomic mass is 32.2. The van der Waals surface area contributed by atoms with Crippen LogP contribution in [0.2, 0.25) is 0 Å². The number of benzene rings is 2. The molecule has 33 heavy (non-hydrogen) atoms. The van der Waals surface area contributed by atoms with Gasteiger partial charge in [-0.05, 0) is 73.9 Å². The summed E-state index contributed by atoms with van der Waals surface area (Å²) in [5, 5.41) is 10.8. The zero-order chi connectivity index (χ0) is 22.8. The van der Waals surface area contributed by atoms with Crippen molar-refractivity contribution in [3.63, 3.8) is 0 Å². The zero-order valence-corrected chi connectivity index (χ0v) is 19.2. The molecule has 0 saturated carbocycles. The fourth-order valence-corrected chi connectivity index (χ4v) is 6.25. The predicted octanol–water partition coefficient (Wildman–Crippen LogP) is 3.19. The lowest BCUT2D eigenvalue weighted by Crippen LogP contribution is -2.41. The van der Waals surface area contributed by atoms with Crippen molar-refractivity contribution >= 4 is 21.6 Å². The number of nitrogens with one attached hydrogen (secondary N) is 1. The first-order valence-electron chi connectivity index (χ1n) is 11.4. The number of hydrogen-bond donors (Lipinski definition) is 1. The Hall–Kier alpha value is -3.04. The van der Waals surface area contributed by atoms with Crippen molar-refractivity contribution in [1.29, 1.82) is 0 Å². The van der Waals surface area contributed by atoms with Crippen molar-refractivity contribution in [2.45, 2.75) is 43.4 Å². The lowest BCUT2D eigenvalue weighted by Gasteiger charge is -2.31. The van der Waals surface area contributed by atoms with Crippen LogP contribution in [-0.2, 0) is 27.7 Å². The van der Waals surface area contributed by atoms with Gasteiger partial charge in [0.1, 0.15) is 0 Å². The number of hydrogen-bond acceptors (Lipinski definition) is 5. The lowest BCUT2D eigenvalue weighted by molar-refractivity contribution is -0.120. The number of sulfonamides is 1. The number of aromatic nitrogens is 3. The van der Waals surface area contributed by atoms with Crippen LogP contribution in [0.15, 0.2) is 59.8 Å². The average Bonchev–Trinajstić information content (AvgIpc) is 3.39. The first-order chi connectivity index (χ1) is 16.0. The standard InChI is InChI=1S/C24H27N5O3S/c30-24(26-22-7-3-4-8-23(22)29-16-13-25-27-29)19-11-14-28(15-12-19)33(31,32)21-10-9-18-5-1-2-6-20(18)17-21/h3-4,7-10,13,16-17,19H,1-2,5-6,11-12,14-15H2,(H,26,30). The van der Waals surface area contributed by atoms with Crippen LogP contribution in [0.3, 0.4) is 0 Å². The summed E-state index contributed by atoms with van der Waals surface area (Å²) in [6.45, 7) is 0.671. The molecule has 172 valence electrons. The summed E-state index contributed by atoms with van der Waals surface area (Å²) in [6, 6.07) is 13.0. The van der Waals surface area contributed by atoms with Crippen LogP contribution < -0.4 is 5.32 Å². The minimum absolute atomic E-state index is 0.103. The molecule has 2 aromatic carbocycles. The van der Waals surface area contributed by atoms with Gasteiger partial charge in [0.2, 0.25) is 15.9 Å². The van der Waals surface area contributed by atoms with Gasteiger partial charge in [-0.3, -0.25) is 4.79 Å². The molecule has 2 heterocycles. The summed E-state index contributed by atoms with van der Waals surface area (Å²) < 4.78 is 29.6. The minimum atomic E-state index is -3.56. The summed E-state index contributed by atoms with van der Waals surface area (Å²) in [4.78, 5) is 13.3. The normalized spacial score (nSPS) is 17.5. The maximum Gasteiger partial charge on any atom is 0.243 e. The van der Waals surface area contributed by atoms with E-state index < -0.39 is 10.0 Å². The van der Waals surface area contributed by atoms with E-state index in [1.54, 1.807) is 23.1 Å². The molecule has 1 aliphatic heterocycles. The summed E-state index contributed by atoms with van der Waals surface area (Å²) in [7, 11) is -3.56. The van der Waals surface area contributed by atoms with E-state index in [4.69, 9.17) is 0 Å². The Bertz CT molecular complexity index is 1250. The van der Waals surface area contributed by atoms with Crippen molar-refractivity contribution in [2.75, 3.05) is 18.4 Å². The molecule has 1 saturated heterocycles. The van der Waals surface area contributed by atoms with Gasteiger partial charge in [0.05, 0.1) is 28.7 Å². The van der Waals surface area contributed by atoms with Gasteiger partial charge >= 0.3 is 0 Å². The molecule has 1 aliphatic carbocycles. The summed E-state index contributed by atoms with van der Waals surface area (Å²) >= 11 is 0. The van der Waals surface area contributed by atoms with Crippen molar-refractivity contribution in [2.24, 2.45) is 5.92 Å². The summed E-state index contributed by atoms with van der Waals surface area (Å²) in [5.41, 5.74) is 3.80. The predicted molar refractivity (Wildman–Crippen MR) is 125 cm³/mol. The van der Waals surface area contributed by atoms with E-state index in [1.165, 1.54) is 9.87 Å². The monoisotopic (exact) mass is 465 g/mol. The number of rotatable bonds is 5. The summed E-state index contributed by atoms with van der Waals surface area (Å²) in [5.74, 6) is -0.350. The minimum Gasteiger partial charge on any atom is -0.324 e. The van der Waals surface area contributed by atoms with Crippen LogP contribution in [0.4, 0.5) is 5.69 Å². The van der Waals surface area contributed by atoms with Gasteiger partial charge in [-0.1, -0.05) is 23.4 Å². The molecule has 0 unspecified atom stereocenters. The van der Waals surface area contributed by atoms with E-state index >= 15 is 0 Å². The van der Waals surface area contributed by atoms with Crippen LogP contribution >= 0.6 is 0 Å². The molecule has 1 aromatic heterocycles. The largest absolute Gasteiger partial charge is 0.324 e. The average molecular weight is 466 g/mol. The third kappa shape index (κ3) is 4.43. The van der Waals surface area contributed by atoms with Gasteiger partial charge in [0.15, 0.2) is 0 Å². The van der Waals surface area contributed by atoms with Crippen molar-refractivity contribution in [3.8, 4) is 5.69 Å². The van der Waals surface area contributed by atoms with E-state index in [0.29, 0.717) is 36.5 Å². The number of amides is 1. The van der Waals surface area contributed by atoms with Crippen molar-refractivity contribution in [1.82, 2.24) is 19.3 Å². The van der Waals surface area contributed by atoms with Crippen LogP contribution in [0.1, 0.15) is 36.8 Å². The molecule has 1 N–H and O–H groups in total. The third-order valence-electron chi connectivity index (χ3n) is 6.61. The number of fused-ring (bicyclic) bond motifs is 1. The second-order valence-corrected chi connectivity index (χ2v) is 10.6. The maximum atomic E-state index is 13.2. The SMILES string of the molecule is O=C(Nc1ccccc1-n1ccnn1)C1CCN(S(=O)(=O)c2ccc3c(c2)CCCC3)CC1. The molecular weight excluding hydrogens is 438 g/mol. The maximum absolute atomic E-state index is 13.2. The Morgan fingerprint density at radius 2 is 1.76 bits per heavy atom. The third-order valence-corrected chi connectivity index (χ3v) is 8.51. The van der Waals surface area contributed by atoms with Crippen molar-refractivity contribution < 1.29 is 13.2 Å². The molecule has 1 fully saturated rings. The lowest BCUT2D eigenvalue weighted by atomic mass is 9.92. The highest BCUT2D eigenvalue weighted by Crippen LogP contribution is 2.29. The number of aryl methyl sites for hydroxylation is 2. The molecule has 0 atom stereocenters. The van der Waals surface area contributed by atoms with E-state index in [1.807, 2.05) is 36.4 Å².